The third kappa shape index (κ3) is 3.39. The molecule has 0 bridgehead atoms. The molecular weight excluding hydrogens is 230 g/mol. The average molecular weight is 251 g/mol. The molecule has 0 aromatic heterocycles. The molecule has 0 spiro atoms. The summed E-state index contributed by atoms with van der Waals surface area (Å²) in [6.45, 7) is 4.24. The highest BCUT2D eigenvalue weighted by Crippen LogP contribution is 2.34. The zero-order valence-corrected chi connectivity index (χ0v) is 11.7. The normalized spacial score (nSPS) is 10.1. The summed E-state index contributed by atoms with van der Waals surface area (Å²) >= 11 is 0. The Morgan fingerprint density at radius 1 is 1.22 bits per heavy atom. The van der Waals surface area contributed by atoms with E-state index in [4.69, 9.17) is 9.47 Å². The number of ether oxygens (including phenoxy) is 2. The summed E-state index contributed by atoms with van der Waals surface area (Å²) in [5, 5.41) is 0. The fourth-order valence-corrected chi connectivity index (χ4v) is 1.78. The van der Waals surface area contributed by atoms with Crippen LogP contribution in [0.5, 0.6) is 11.5 Å². The van der Waals surface area contributed by atoms with Gasteiger partial charge in [-0.1, -0.05) is 0 Å². The van der Waals surface area contributed by atoms with Crippen LogP contribution in [0.25, 0.3) is 0 Å². The van der Waals surface area contributed by atoms with Crippen LogP contribution in [0, 0.1) is 6.92 Å². The Balaban J connectivity index is 3.01. The maximum atomic E-state index is 11.0. The lowest BCUT2D eigenvalue weighted by Crippen LogP contribution is -2.21. The molecule has 0 aliphatic carbocycles. The number of ketones is 1. The molecule has 0 heterocycles. The van der Waals surface area contributed by atoms with Crippen molar-refractivity contribution in [1.82, 2.24) is 0 Å². The van der Waals surface area contributed by atoms with Crippen molar-refractivity contribution in [3.8, 4) is 11.5 Å². The van der Waals surface area contributed by atoms with Gasteiger partial charge in [-0.15, -0.1) is 0 Å². The molecule has 4 nitrogen and oxygen atoms in total. The summed E-state index contributed by atoms with van der Waals surface area (Å²) < 4.78 is 10.7. The van der Waals surface area contributed by atoms with Gasteiger partial charge in [-0.3, -0.25) is 4.79 Å². The van der Waals surface area contributed by atoms with Crippen LogP contribution in [-0.2, 0) is 4.79 Å². The van der Waals surface area contributed by atoms with Crippen LogP contribution in [0.1, 0.15) is 18.9 Å². The summed E-state index contributed by atoms with van der Waals surface area (Å²) in [7, 11) is 5.23. The van der Waals surface area contributed by atoms with Gasteiger partial charge >= 0.3 is 0 Å². The van der Waals surface area contributed by atoms with E-state index in [1.807, 2.05) is 31.0 Å². The number of Topliss-reactive ketones (excluding diaryl/α,β-unsaturated/α-hetero) is 1. The van der Waals surface area contributed by atoms with Crippen LogP contribution >= 0.6 is 0 Å². The monoisotopic (exact) mass is 251 g/mol. The zero-order chi connectivity index (χ0) is 13.7. The van der Waals surface area contributed by atoms with Crippen LogP contribution in [0.4, 0.5) is 5.69 Å². The van der Waals surface area contributed by atoms with E-state index in [1.54, 1.807) is 21.1 Å². The molecule has 1 aromatic carbocycles. The highest BCUT2D eigenvalue weighted by Gasteiger charge is 2.12. The fourth-order valence-electron chi connectivity index (χ4n) is 1.78. The summed E-state index contributed by atoms with van der Waals surface area (Å²) in [4.78, 5) is 13.0. The second-order valence-electron chi connectivity index (χ2n) is 4.37. The van der Waals surface area contributed by atoms with Crippen LogP contribution in [0.2, 0.25) is 0 Å². The van der Waals surface area contributed by atoms with Gasteiger partial charge in [-0.25, -0.2) is 0 Å². The summed E-state index contributed by atoms with van der Waals surface area (Å²) in [6.07, 6.45) is 0.524. The minimum absolute atomic E-state index is 0.180. The van der Waals surface area contributed by atoms with Gasteiger partial charge in [0.05, 0.1) is 19.9 Å². The number of carbonyl (C=O) groups excluding carboxylic acids is 1. The van der Waals surface area contributed by atoms with E-state index < -0.39 is 0 Å². The van der Waals surface area contributed by atoms with E-state index >= 15 is 0 Å². The molecule has 0 fully saturated rings. The van der Waals surface area contributed by atoms with Gasteiger partial charge in [0.2, 0.25) is 0 Å². The summed E-state index contributed by atoms with van der Waals surface area (Å²) in [5.41, 5.74) is 1.96. The lowest BCUT2D eigenvalue weighted by Gasteiger charge is -2.22. The van der Waals surface area contributed by atoms with Gasteiger partial charge < -0.3 is 14.4 Å². The predicted octanol–water partition coefficient (Wildman–Crippen LogP) is 2.43. The first-order chi connectivity index (χ1) is 8.49. The Morgan fingerprint density at radius 3 is 2.33 bits per heavy atom. The van der Waals surface area contributed by atoms with Gasteiger partial charge in [0, 0.05) is 26.1 Å². The maximum absolute atomic E-state index is 11.0. The lowest BCUT2D eigenvalue weighted by atomic mass is 10.1. The Bertz CT molecular complexity index is 429. The van der Waals surface area contributed by atoms with Crippen molar-refractivity contribution in [2.45, 2.75) is 20.3 Å². The molecule has 0 saturated heterocycles. The van der Waals surface area contributed by atoms with Crippen molar-refractivity contribution in [3.63, 3.8) is 0 Å². The van der Waals surface area contributed by atoms with E-state index in [9.17, 15) is 4.79 Å². The van der Waals surface area contributed by atoms with E-state index in [1.165, 1.54) is 0 Å². The lowest BCUT2D eigenvalue weighted by molar-refractivity contribution is -0.116. The second-order valence-corrected chi connectivity index (χ2v) is 4.37. The number of benzene rings is 1. The molecule has 0 radical (unpaired) electrons. The topological polar surface area (TPSA) is 38.8 Å². The van der Waals surface area contributed by atoms with Crippen molar-refractivity contribution < 1.29 is 14.3 Å². The van der Waals surface area contributed by atoms with Crippen molar-refractivity contribution in [1.29, 1.82) is 0 Å². The molecule has 100 valence electrons. The van der Waals surface area contributed by atoms with Crippen molar-refractivity contribution in [3.05, 3.63) is 17.7 Å². The first kappa shape index (κ1) is 14.4. The third-order valence-corrected chi connectivity index (χ3v) is 2.91. The van der Waals surface area contributed by atoms with Crippen molar-refractivity contribution in [2.24, 2.45) is 0 Å². The first-order valence-corrected chi connectivity index (χ1v) is 5.92. The summed E-state index contributed by atoms with van der Waals surface area (Å²) in [6, 6.07) is 3.88. The van der Waals surface area contributed by atoms with Crippen molar-refractivity contribution >= 4 is 11.5 Å². The van der Waals surface area contributed by atoms with E-state index in [-0.39, 0.29) is 5.78 Å². The van der Waals surface area contributed by atoms with Gasteiger partial charge in [-0.05, 0) is 25.5 Å². The standard InChI is InChI=1S/C14H21NO3/c1-10-8-14(18-5)12(9-13(10)17-4)15(3)7-6-11(2)16/h8-9H,6-7H2,1-5H3. The average Bonchev–Trinajstić information content (AvgIpc) is 2.35. The van der Waals surface area contributed by atoms with E-state index in [2.05, 4.69) is 0 Å². The largest absolute Gasteiger partial charge is 0.496 e. The number of methoxy groups -OCH3 is 2. The molecule has 0 saturated carbocycles. The molecule has 4 heteroatoms. The number of nitrogens with zero attached hydrogens (tertiary/aromatic N) is 1. The quantitative estimate of drug-likeness (QED) is 0.778. The molecule has 1 aromatic rings. The minimum Gasteiger partial charge on any atom is -0.496 e. The van der Waals surface area contributed by atoms with Gasteiger partial charge in [0.15, 0.2) is 0 Å². The number of hydrogen-bond donors (Lipinski definition) is 0. The Hall–Kier alpha value is -1.71. The number of anilines is 1. The Labute approximate surface area is 108 Å². The molecule has 1 rings (SSSR count). The Kier molecular flexibility index (Phi) is 5.01. The van der Waals surface area contributed by atoms with Gasteiger partial charge in [-0.2, -0.15) is 0 Å². The Morgan fingerprint density at radius 2 is 1.83 bits per heavy atom. The third-order valence-electron chi connectivity index (χ3n) is 2.91. The molecule has 0 N–H and O–H groups in total. The van der Waals surface area contributed by atoms with Crippen LogP contribution < -0.4 is 14.4 Å². The first-order valence-electron chi connectivity index (χ1n) is 5.92. The van der Waals surface area contributed by atoms with Crippen LogP contribution in [-0.4, -0.2) is 33.6 Å². The van der Waals surface area contributed by atoms with E-state index in [0.29, 0.717) is 13.0 Å². The molecule has 0 aliphatic heterocycles. The molecule has 0 atom stereocenters. The van der Waals surface area contributed by atoms with Crippen LogP contribution in [0.15, 0.2) is 12.1 Å². The predicted molar refractivity (Wildman–Crippen MR) is 72.9 cm³/mol. The smallest absolute Gasteiger partial charge is 0.142 e. The number of rotatable bonds is 6. The van der Waals surface area contributed by atoms with Gasteiger partial charge in [0.1, 0.15) is 17.3 Å². The van der Waals surface area contributed by atoms with Crippen LogP contribution in [0.3, 0.4) is 0 Å². The zero-order valence-electron chi connectivity index (χ0n) is 11.7. The second kappa shape index (κ2) is 6.28. The van der Waals surface area contributed by atoms with Crippen molar-refractivity contribution in [2.75, 3.05) is 32.7 Å². The summed E-state index contributed by atoms with van der Waals surface area (Å²) in [5.74, 6) is 1.79. The molecule has 0 unspecified atom stereocenters. The maximum Gasteiger partial charge on any atom is 0.142 e. The number of hydrogen-bond acceptors (Lipinski definition) is 4. The highest BCUT2D eigenvalue weighted by atomic mass is 16.5. The number of carbonyl (C=O) groups is 1. The molecular formula is C14H21NO3. The van der Waals surface area contributed by atoms with E-state index in [0.717, 1.165) is 22.7 Å². The molecule has 18 heavy (non-hydrogen) atoms. The molecule has 0 aliphatic rings. The minimum atomic E-state index is 0.180. The fraction of sp³-hybridized carbons (Fsp3) is 0.500. The SMILES string of the molecule is COc1cc(N(C)CCC(C)=O)c(OC)cc1C. The van der Waals surface area contributed by atoms with Gasteiger partial charge in [0.25, 0.3) is 0 Å². The molecule has 0 amide bonds. The number of aryl methyl sites for hydroxylation is 1. The highest BCUT2D eigenvalue weighted by molar-refractivity contribution is 5.76.